The summed E-state index contributed by atoms with van der Waals surface area (Å²) in [6.45, 7) is 3.13. The van der Waals surface area contributed by atoms with Crippen LogP contribution in [0.4, 0.5) is 0 Å². The van der Waals surface area contributed by atoms with Crippen LogP contribution < -0.4 is 0 Å². The Kier molecular flexibility index (Phi) is 13.5. The van der Waals surface area contributed by atoms with Gasteiger partial charge < -0.3 is 24.1 Å². The van der Waals surface area contributed by atoms with Gasteiger partial charge >= 0.3 is 0 Å². The van der Waals surface area contributed by atoms with Crippen molar-refractivity contribution in [2.75, 3.05) is 72.3 Å². The van der Waals surface area contributed by atoms with Gasteiger partial charge in [0.05, 0.1) is 72.3 Å². The molecule has 0 bridgehead atoms. The van der Waals surface area contributed by atoms with Gasteiger partial charge in [0.1, 0.15) is 0 Å². The zero-order valence-corrected chi connectivity index (χ0v) is 12.6. The molecule has 0 aromatic rings. The molecule has 122 valence electrons. The first kappa shape index (κ1) is 19.7. The van der Waals surface area contributed by atoms with Crippen LogP contribution in [0.3, 0.4) is 0 Å². The fourth-order valence-electron chi connectivity index (χ4n) is 1.07. The van der Waals surface area contributed by atoms with E-state index in [2.05, 4.69) is 4.18 Å². The van der Waals surface area contributed by atoms with Gasteiger partial charge in [-0.3, -0.25) is 4.18 Å². The highest BCUT2D eigenvalue weighted by Gasteiger charge is 2.00. The Balaban J connectivity index is 3.03. The molecule has 0 fully saturated rings. The summed E-state index contributed by atoms with van der Waals surface area (Å²) >= 11 is 0. The normalized spacial score (nSPS) is 11.9. The number of hydrogen-bond acceptors (Lipinski definition) is 8. The SMILES string of the molecule is CS(=O)(=O)OCCOCCOCCOCCOCCO. The predicted molar refractivity (Wildman–Crippen MR) is 71.2 cm³/mol. The van der Waals surface area contributed by atoms with E-state index in [1.54, 1.807) is 0 Å². The lowest BCUT2D eigenvalue weighted by molar-refractivity contribution is -0.00761. The Hall–Kier alpha value is -0.290. The molecule has 0 aliphatic carbocycles. The third-order valence-corrected chi connectivity index (χ3v) is 2.47. The third kappa shape index (κ3) is 17.7. The van der Waals surface area contributed by atoms with Gasteiger partial charge in [-0.15, -0.1) is 0 Å². The summed E-state index contributed by atoms with van der Waals surface area (Å²) in [5, 5.41) is 8.45. The van der Waals surface area contributed by atoms with Gasteiger partial charge in [-0.25, -0.2) is 0 Å². The van der Waals surface area contributed by atoms with Crippen molar-refractivity contribution in [3.8, 4) is 0 Å². The zero-order chi connectivity index (χ0) is 15.1. The lowest BCUT2D eigenvalue weighted by Gasteiger charge is -2.07. The molecule has 0 aromatic heterocycles. The average Bonchev–Trinajstić information content (AvgIpc) is 2.38. The molecule has 20 heavy (non-hydrogen) atoms. The van der Waals surface area contributed by atoms with E-state index in [-0.39, 0.29) is 19.8 Å². The smallest absolute Gasteiger partial charge is 0.264 e. The Morgan fingerprint density at radius 3 is 1.40 bits per heavy atom. The van der Waals surface area contributed by atoms with Gasteiger partial charge in [0, 0.05) is 0 Å². The molecule has 0 rings (SSSR count). The highest BCUT2D eigenvalue weighted by Crippen LogP contribution is 1.87. The van der Waals surface area contributed by atoms with Crippen LogP contribution >= 0.6 is 0 Å². The lowest BCUT2D eigenvalue weighted by Crippen LogP contribution is -2.14. The van der Waals surface area contributed by atoms with E-state index in [0.29, 0.717) is 46.2 Å². The van der Waals surface area contributed by atoms with Gasteiger partial charge in [-0.05, 0) is 0 Å². The molecule has 0 amide bonds. The molecule has 0 radical (unpaired) electrons. The molecular formula is C11H24O8S. The maximum absolute atomic E-state index is 10.6. The topological polar surface area (TPSA) is 101 Å². The number of aliphatic hydroxyl groups is 1. The highest BCUT2D eigenvalue weighted by molar-refractivity contribution is 7.85. The lowest BCUT2D eigenvalue weighted by atomic mass is 10.7. The molecule has 8 nitrogen and oxygen atoms in total. The van der Waals surface area contributed by atoms with E-state index in [1.807, 2.05) is 0 Å². The molecule has 0 atom stereocenters. The maximum atomic E-state index is 10.6. The Morgan fingerprint density at radius 1 is 0.700 bits per heavy atom. The fraction of sp³-hybridized carbons (Fsp3) is 1.00. The minimum Gasteiger partial charge on any atom is -0.394 e. The molecule has 0 aliphatic heterocycles. The second-order valence-electron chi connectivity index (χ2n) is 3.70. The summed E-state index contributed by atoms with van der Waals surface area (Å²) in [4.78, 5) is 0. The molecule has 0 saturated carbocycles. The molecule has 1 N–H and O–H groups in total. The first-order valence-corrected chi connectivity index (χ1v) is 8.14. The summed E-state index contributed by atoms with van der Waals surface area (Å²) in [5.41, 5.74) is 0. The van der Waals surface area contributed by atoms with Gasteiger partial charge in [0.25, 0.3) is 10.1 Å². The van der Waals surface area contributed by atoms with Crippen LogP contribution in [0.2, 0.25) is 0 Å². The van der Waals surface area contributed by atoms with E-state index in [1.165, 1.54) is 0 Å². The van der Waals surface area contributed by atoms with Gasteiger partial charge in [-0.2, -0.15) is 8.42 Å². The second kappa shape index (κ2) is 13.7. The van der Waals surface area contributed by atoms with Crippen molar-refractivity contribution in [3.63, 3.8) is 0 Å². The fourth-order valence-corrected chi connectivity index (χ4v) is 1.44. The van der Waals surface area contributed by atoms with Crippen molar-refractivity contribution in [1.29, 1.82) is 0 Å². The van der Waals surface area contributed by atoms with Crippen molar-refractivity contribution in [2.24, 2.45) is 0 Å². The highest BCUT2D eigenvalue weighted by atomic mass is 32.2. The van der Waals surface area contributed by atoms with E-state index in [0.717, 1.165) is 6.26 Å². The number of hydrogen-bond donors (Lipinski definition) is 1. The number of ether oxygens (including phenoxy) is 4. The standard InChI is InChI=1S/C11H24O8S/c1-20(13,14)19-11-10-18-9-8-17-7-6-16-5-4-15-3-2-12/h12H,2-11H2,1H3. The number of aliphatic hydroxyl groups excluding tert-OH is 1. The van der Waals surface area contributed by atoms with Gasteiger partial charge in [0.15, 0.2) is 0 Å². The molecule has 0 spiro atoms. The first-order valence-electron chi connectivity index (χ1n) is 6.32. The summed E-state index contributed by atoms with van der Waals surface area (Å²) in [6, 6.07) is 0. The molecule has 9 heteroatoms. The van der Waals surface area contributed by atoms with Crippen LogP contribution in [0, 0.1) is 0 Å². The molecule has 0 unspecified atom stereocenters. The van der Waals surface area contributed by atoms with E-state index >= 15 is 0 Å². The molecule has 0 aromatic carbocycles. The molecule has 0 aliphatic rings. The Labute approximate surface area is 120 Å². The summed E-state index contributed by atoms with van der Waals surface area (Å²) in [5.74, 6) is 0. The van der Waals surface area contributed by atoms with Crippen molar-refractivity contribution in [1.82, 2.24) is 0 Å². The quantitative estimate of drug-likeness (QED) is 0.304. The zero-order valence-electron chi connectivity index (χ0n) is 11.8. The van der Waals surface area contributed by atoms with Crippen LogP contribution in [0.15, 0.2) is 0 Å². The van der Waals surface area contributed by atoms with E-state index < -0.39 is 10.1 Å². The first-order chi connectivity index (χ1) is 9.56. The van der Waals surface area contributed by atoms with Crippen LogP contribution in [-0.2, 0) is 33.2 Å². The van der Waals surface area contributed by atoms with Gasteiger partial charge in [-0.1, -0.05) is 0 Å². The minimum atomic E-state index is -3.39. The van der Waals surface area contributed by atoms with Crippen molar-refractivity contribution in [3.05, 3.63) is 0 Å². The minimum absolute atomic E-state index is 0.00971. The van der Waals surface area contributed by atoms with Gasteiger partial charge in [0.2, 0.25) is 0 Å². The van der Waals surface area contributed by atoms with E-state index in [9.17, 15) is 8.42 Å². The largest absolute Gasteiger partial charge is 0.394 e. The summed E-state index contributed by atoms with van der Waals surface area (Å²) in [6.07, 6.45) is 0.991. The maximum Gasteiger partial charge on any atom is 0.264 e. The number of rotatable bonds is 15. The van der Waals surface area contributed by atoms with Crippen molar-refractivity contribution in [2.45, 2.75) is 0 Å². The Bertz CT molecular complexity index is 293. The monoisotopic (exact) mass is 316 g/mol. The second-order valence-corrected chi connectivity index (χ2v) is 5.34. The third-order valence-electron chi connectivity index (χ3n) is 1.88. The van der Waals surface area contributed by atoms with Crippen molar-refractivity contribution >= 4 is 10.1 Å². The Morgan fingerprint density at radius 2 is 1.05 bits per heavy atom. The summed E-state index contributed by atoms with van der Waals surface area (Å²) < 4.78 is 46.2. The van der Waals surface area contributed by atoms with E-state index in [4.69, 9.17) is 24.1 Å². The van der Waals surface area contributed by atoms with Crippen LogP contribution in [0.5, 0.6) is 0 Å². The van der Waals surface area contributed by atoms with Crippen LogP contribution in [0.1, 0.15) is 0 Å². The van der Waals surface area contributed by atoms with Crippen molar-refractivity contribution < 1.29 is 36.7 Å². The molecule has 0 saturated heterocycles. The molecule has 0 heterocycles. The predicted octanol–water partition coefficient (Wildman–Crippen LogP) is -0.979. The van der Waals surface area contributed by atoms with Crippen LogP contribution in [0.25, 0.3) is 0 Å². The molecular weight excluding hydrogens is 292 g/mol. The van der Waals surface area contributed by atoms with Crippen LogP contribution in [-0.4, -0.2) is 85.8 Å². The average molecular weight is 316 g/mol. The summed E-state index contributed by atoms with van der Waals surface area (Å²) in [7, 11) is -3.39.